The molecule has 32 heavy (non-hydrogen) atoms. The van der Waals surface area contributed by atoms with Gasteiger partial charge in [0.1, 0.15) is 11.6 Å². The van der Waals surface area contributed by atoms with Crippen molar-refractivity contribution in [3.63, 3.8) is 0 Å². The molecule has 0 atom stereocenters. The van der Waals surface area contributed by atoms with Crippen LogP contribution in [-0.4, -0.2) is 55.6 Å². The smallest absolute Gasteiger partial charge is 0.161 e. The standard InChI is InChI=1S/C25H30N4O3/c1-30-19-8-5-7-18(15-19)26-25-21-13-17-14-23(32-12-6-11-29-9-3-4-10-29)22(31-2)16-20(17)24(21)27-28-25/h5,7-8,13-16,26-28H,3-4,6,9-12H2,1-2H3. The number of nitrogens with one attached hydrogen (secondary N) is 3. The molecule has 0 radical (unpaired) electrons. The number of hydrogen-bond donors (Lipinski definition) is 3. The average Bonchev–Trinajstić information content (AvgIpc) is 3.55. The van der Waals surface area contributed by atoms with E-state index in [2.05, 4.69) is 32.5 Å². The summed E-state index contributed by atoms with van der Waals surface area (Å²) in [5.74, 6) is 3.26. The van der Waals surface area contributed by atoms with Crippen molar-refractivity contribution < 1.29 is 14.2 Å². The number of aromatic nitrogens is 2. The summed E-state index contributed by atoms with van der Waals surface area (Å²) in [6.45, 7) is 4.22. The number of H-pyrrole nitrogens is 2. The molecule has 7 heteroatoms. The van der Waals surface area contributed by atoms with Crippen LogP contribution >= 0.6 is 0 Å². The lowest BCUT2D eigenvalue weighted by atomic mass is 10.2. The average molecular weight is 435 g/mol. The minimum atomic E-state index is 0.688. The molecule has 2 aliphatic heterocycles. The van der Waals surface area contributed by atoms with Gasteiger partial charge in [-0.05, 0) is 68.1 Å². The van der Waals surface area contributed by atoms with Gasteiger partial charge in [-0.1, -0.05) is 6.07 Å². The Morgan fingerprint density at radius 1 is 0.969 bits per heavy atom. The van der Waals surface area contributed by atoms with Crippen LogP contribution in [0, 0.1) is 0 Å². The molecule has 2 aromatic carbocycles. The van der Waals surface area contributed by atoms with Crippen LogP contribution in [0.15, 0.2) is 42.5 Å². The van der Waals surface area contributed by atoms with Gasteiger partial charge in [0, 0.05) is 29.2 Å². The molecular formula is C25H30N4O3. The molecule has 0 aromatic heterocycles. The first-order chi connectivity index (χ1) is 15.7. The summed E-state index contributed by atoms with van der Waals surface area (Å²) in [7, 11) is 3.36. The summed E-state index contributed by atoms with van der Waals surface area (Å²) in [6, 6.07) is 14.2. The Morgan fingerprint density at radius 2 is 1.84 bits per heavy atom. The molecule has 1 aliphatic carbocycles. The van der Waals surface area contributed by atoms with Gasteiger partial charge in [-0.3, -0.25) is 10.2 Å². The summed E-state index contributed by atoms with van der Waals surface area (Å²) in [5.41, 5.74) is 3.06. The number of nitrogens with zero attached hydrogens (tertiary/aromatic N) is 1. The number of methoxy groups -OCH3 is 2. The van der Waals surface area contributed by atoms with Crippen LogP contribution in [0.3, 0.4) is 0 Å². The molecule has 5 rings (SSSR count). The highest BCUT2D eigenvalue weighted by Crippen LogP contribution is 2.43. The lowest BCUT2D eigenvalue weighted by Crippen LogP contribution is -2.21. The fraction of sp³-hybridized carbons (Fsp3) is 0.360. The predicted molar refractivity (Wildman–Crippen MR) is 128 cm³/mol. The van der Waals surface area contributed by atoms with E-state index in [1.165, 1.54) is 25.9 Å². The molecule has 1 saturated heterocycles. The van der Waals surface area contributed by atoms with Gasteiger partial charge in [0.2, 0.25) is 0 Å². The second kappa shape index (κ2) is 9.04. The van der Waals surface area contributed by atoms with Crippen molar-refractivity contribution in [1.82, 2.24) is 15.1 Å². The Morgan fingerprint density at radius 3 is 2.66 bits per heavy atom. The Balaban J connectivity index is 1.35. The molecule has 2 aromatic rings. The zero-order valence-corrected chi connectivity index (χ0v) is 18.7. The van der Waals surface area contributed by atoms with Gasteiger partial charge < -0.3 is 24.4 Å². The summed E-state index contributed by atoms with van der Waals surface area (Å²) in [5, 5.41) is 12.2. The van der Waals surface area contributed by atoms with Crippen LogP contribution < -0.4 is 19.5 Å². The first kappa shape index (κ1) is 20.6. The van der Waals surface area contributed by atoms with Crippen LogP contribution in [0.2, 0.25) is 0 Å². The van der Waals surface area contributed by atoms with Gasteiger partial charge in [0.25, 0.3) is 0 Å². The molecule has 0 unspecified atom stereocenters. The van der Waals surface area contributed by atoms with Gasteiger partial charge in [0.05, 0.1) is 26.5 Å². The van der Waals surface area contributed by atoms with E-state index < -0.39 is 0 Å². The first-order valence-electron chi connectivity index (χ1n) is 11.2. The van der Waals surface area contributed by atoms with Crippen molar-refractivity contribution in [2.75, 3.05) is 45.8 Å². The van der Waals surface area contributed by atoms with E-state index in [1.807, 2.05) is 30.3 Å². The number of hydrogen-bond acceptors (Lipinski definition) is 5. The molecule has 0 spiro atoms. The van der Waals surface area contributed by atoms with Gasteiger partial charge in [-0.25, -0.2) is 0 Å². The number of anilines is 2. The lowest BCUT2D eigenvalue weighted by Gasteiger charge is -2.15. The highest BCUT2D eigenvalue weighted by Gasteiger charge is 2.20. The Hall–Kier alpha value is -3.32. The summed E-state index contributed by atoms with van der Waals surface area (Å²) >= 11 is 0. The fourth-order valence-corrected chi connectivity index (χ4v) is 4.50. The highest BCUT2D eigenvalue weighted by atomic mass is 16.5. The molecule has 0 bridgehead atoms. The quantitative estimate of drug-likeness (QED) is 0.315. The van der Waals surface area contributed by atoms with Crippen molar-refractivity contribution in [3.8, 4) is 28.5 Å². The Kier molecular flexibility index (Phi) is 5.81. The van der Waals surface area contributed by atoms with E-state index >= 15 is 0 Å². The maximum atomic E-state index is 6.12. The van der Waals surface area contributed by atoms with Crippen LogP contribution in [0.5, 0.6) is 17.2 Å². The van der Waals surface area contributed by atoms with E-state index in [-0.39, 0.29) is 0 Å². The van der Waals surface area contributed by atoms with Crippen molar-refractivity contribution >= 4 is 22.3 Å². The minimum absolute atomic E-state index is 0.688. The molecule has 2 heterocycles. The maximum absolute atomic E-state index is 6.12. The van der Waals surface area contributed by atoms with Gasteiger partial charge in [-0.15, -0.1) is 0 Å². The summed E-state index contributed by atoms with van der Waals surface area (Å²) < 4.78 is 17.1. The van der Waals surface area contributed by atoms with E-state index in [0.29, 0.717) is 6.61 Å². The summed E-state index contributed by atoms with van der Waals surface area (Å²) in [6.07, 6.45) is 3.66. The van der Waals surface area contributed by atoms with Gasteiger partial charge in [0.15, 0.2) is 11.5 Å². The maximum Gasteiger partial charge on any atom is 0.161 e. The fourth-order valence-electron chi connectivity index (χ4n) is 4.50. The zero-order chi connectivity index (χ0) is 21.9. The summed E-state index contributed by atoms with van der Waals surface area (Å²) in [4.78, 5) is 2.51. The number of benzene rings is 2. The first-order valence-corrected chi connectivity index (χ1v) is 11.2. The van der Waals surface area contributed by atoms with Crippen LogP contribution in [-0.2, 0) is 0 Å². The number of fused-ring (bicyclic) bond motifs is 3. The third-order valence-electron chi connectivity index (χ3n) is 6.17. The van der Waals surface area contributed by atoms with Crippen molar-refractivity contribution in [3.05, 3.63) is 42.5 Å². The normalized spacial score (nSPS) is 14.3. The van der Waals surface area contributed by atoms with Crippen molar-refractivity contribution in [1.29, 1.82) is 0 Å². The van der Waals surface area contributed by atoms with Crippen molar-refractivity contribution in [2.45, 2.75) is 19.3 Å². The van der Waals surface area contributed by atoms with Gasteiger partial charge in [-0.2, -0.15) is 0 Å². The van der Waals surface area contributed by atoms with Crippen LogP contribution in [0.4, 0.5) is 11.5 Å². The molecule has 168 valence electrons. The molecule has 0 saturated carbocycles. The van der Waals surface area contributed by atoms with E-state index in [9.17, 15) is 0 Å². The molecular weight excluding hydrogens is 404 g/mol. The van der Waals surface area contributed by atoms with E-state index in [1.54, 1.807) is 14.2 Å². The SMILES string of the molecule is COc1cccc(Nc2[nH][nH]c3c4cc(OC)c(OCCCN5CCCC5)cc4cc2-3)c1. The molecule has 3 N–H and O–H groups in total. The molecule has 7 nitrogen and oxygen atoms in total. The number of likely N-dealkylation sites (tertiary alicyclic amines) is 1. The van der Waals surface area contributed by atoms with Gasteiger partial charge >= 0.3 is 0 Å². The Bertz CT molecular complexity index is 1160. The van der Waals surface area contributed by atoms with Crippen LogP contribution in [0.25, 0.3) is 22.0 Å². The highest BCUT2D eigenvalue weighted by molar-refractivity contribution is 6.05. The topological polar surface area (TPSA) is 74.5 Å². The predicted octanol–water partition coefficient (Wildman–Crippen LogP) is 5.23. The molecule has 1 fully saturated rings. The second-order valence-corrected chi connectivity index (χ2v) is 8.26. The largest absolute Gasteiger partial charge is 0.497 e. The van der Waals surface area contributed by atoms with Crippen molar-refractivity contribution in [2.24, 2.45) is 0 Å². The van der Waals surface area contributed by atoms with E-state index in [0.717, 1.165) is 63.7 Å². The molecule has 0 amide bonds. The second-order valence-electron chi connectivity index (χ2n) is 8.26. The zero-order valence-electron chi connectivity index (χ0n) is 18.7. The van der Waals surface area contributed by atoms with Crippen LogP contribution in [0.1, 0.15) is 19.3 Å². The minimum Gasteiger partial charge on any atom is -0.497 e. The lowest BCUT2D eigenvalue weighted by molar-refractivity contribution is 0.254. The third-order valence-corrected chi connectivity index (χ3v) is 6.17. The number of rotatable bonds is 9. The number of aromatic amines is 2. The third kappa shape index (κ3) is 4.08. The molecule has 3 aliphatic rings. The number of ether oxygens (including phenoxy) is 3. The van der Waals surface area contributed by atoms with E-state index in [4.69, 9.17) is 14.2 Å². The Labute approximate surface area is 188 Å². The monoisotopic (exact) mass is 434 g/mol.